The van der Waals surface area contributed by atoms with Gasteiger partial charge in [0.2, 0.25) is 0 Å². The van der Waals surface area contributed by atoms with E-state index in [4.69, 9.17) is 27.9 Å². The van der Waals surface area contributed by atoms with Gasteiger partial charge in [-0.25, -0.2) is 4.39 Å². The zero-order valence-corrected chi connectivity index (χ0v) is 12.2. The second kappa shape index (κ2) is 5.91. The van der Waals surface area contributed by atoms with Crippen molar-refractivity contribution in [3.8, 4) is 5.75 Å². The molecule has 2 aromatic rings. The third-order valence-electron chi connectivity index (χ3n) is 2.30. The first kappa shape index (κ1) is 13.7. The van der Waals surface area contributed by atoms with E-state index in [9.17, 15) is 4.39 Å². The van der Waals surface area contributed by atoms with Crippen LogP contribution in [0.5, 0.6) is 5.75 Å². The molecule has 94 valence electrons. The molecule has 0 saturated carbocycles. The smallest absolute Gasteiger partial charge is 0.145 e. The van der Waals surface area contributed by atoms with Crippen LogP contribution in [0.15, 0.2) is 40.9 Å². The van der Waals surface area contributed by atoms with Crippen molar-refractivity contribution < 1.29 is 9.13 Å². The summed E-state index contributed by atoms with van der Waals surface area (Å²) in [6.45, 7) is 0.271. The summed E-state index contributed by atoms with van der Waals surface area (Å²) in [6, 6.07) is 9.80. The molecule has 0 heterocycles. The molecule has 0 bridgehead atoms. The maximum absolute atomic E-state index is 13.2. The highest BCUT2D eigenvalue weighted by molar-refractivity contribution is 9.10. The minimum Gasteiger partial charge on any atom is -0.489 e. The lowest BCUT2D eigenvalue weighted by atomic mass is 10.2. The van der Waals surface area contributed by atoms with Crippen LogP contribution in [0.3, 0.4) is 0 Å². The molecule has 0 atom stereocenters. The first-order valence-corrected chi connectivity index (χ1v) is 6.63. The molecule has 0 saturated heterocycles. The maximum Gasteiger partial charge on any atom is 0.145 e. The zero-order chi connectivity index (χ0) is 13.1. The van der Waals surface area contributed by atoms with Crippen LogP contribution >= 0.6 is 39.1 Å². The van der Waals surface area contributed by atoms with Gasteiger partial charge in [0.15, 0.2) is 0 Å². The zero-order valence-electron chi connectivity index (χ0n) is 9.09. The average Bonchev–Trinajstić information content (AvgIpc) is 2.32. The Hall–Kier alpha value is -0.770. The summed E-state index contributed by atoms with van der Waals surface area (Å²) in [5, 5.41) is 0.669. The van der Waals surface area contributed by atoms with Crippen molar-refractivity contribution in [2.24, 2.45) is 0 Å². The third kappa shape index (κ3) is 3.37. The Morgan fingerprint density at radius 1 is 1.06 bits per heavy atom. The van der Waals surface area contributed by atoms with Crippen LogP contribution in [0.2, 0.25) is 10.0 Å². The van der Waals surface area contributed by atoms with E-state index in [1.807, 2.05) is 12.1 Å². The predicted molar refractivity (Wildman–Crippen MR) is 74.9 cm³/mol. The van der Waals surface area contributed by atoms with Gasteiger partial charge in [0.05, 0.1) is 5.02 Å². The Morgan fingerprint density at radius 3 is 2.50 bits per heavy atom. The highest BCUT2D eigenvalue weighted by atomic mass is 79.9. The Kier molecular flexibility index (Phi) is 4.49. The van der Waals surface area contributed by atoms with E-state index in [0.717, 1.165) is 10.0 Å². The summed E-state index contributed by atoms with van der Waals surface area (Å²) in [5.41, 5.74) is 0.829. The molecule has 0 N–H and O–H groups in total. The van der Waals surface area contributed by atoms with Crippen LogP contribution in [0, 0.1) is 5.82 Å². The molecule has 2 aromatic carbocycles. The molecule has 0 radical (unpaired) electrons. The molecule has 0 unspecified atom stereocenters. The largest absolute Gasteiger partial charge is 0.489 e. The molecule has 0 spiro atoms. The van der Waals surface area contributed by atoms with E-state index in [2.05, 4.69) is 15.9 Å². The van der Waals surface area contributed by atoms with Crippen molar-refractivity contribution in [1.29, 1.82) is 0 Å². The van der Waals surface area contributed by atoms with E-state index >= 15 is 0 Å². The number of hydrogen-bond acceptors (Lipinski definition) is 1. The molecule has 0 amide bonds. The quantitative estimate of drug-likeness (QED) is 0.713. The summed E-state index contributed by atoms with van der Waals surface area (Å²) in [4.78, 5) is 0. The maximum atomic E-state index is 13.2. The molecule has 18 heavy (non-hydrogen) atoms. The second-order valence-electron chi connectivity index (χ2n) is 3.60. The van der Waals surface area contributed by atoms with Crippen molar-refractivity contribution in [1.82, 2.24) is 0 Å². The molecule has 5 heteroatoms. The number of ether oxygens (including phenoxy) is 1. The number of halogens is 4. The van der Waals surface area contributed by atoms with E-state index in [1.54, 1.807) is 12.1 Å². The number of rotatable bonds is 3. The van der Waals surface area contributed by atoms with Gasteiger partial charge in [0.25, 0.3) is 0 Å². The van der Waals surface area contributed by atoms with Crippen LogP contribution in [0.4, 0.5) is 4.39 Å². The van der Waals surface area contributed by atoms with Crippen LogP contribution in [-0.4, -0.2) is 0 Å². The standard InChI is InChI=1S/C13H8BrCl2FO/c14-9-2-1-8(12(16)5-9)7-18-10-3-4-11(15)13(17)6-10/h1-6H,7H2. The third-order valence-corrected chi connectivity index (χ3v) is 3.45. The summed E-state index contributed by atoms with van der Waals surface area (Å²) >= 11 is 15.0. The van der Waals surface area contributed by atoms with E-state index in [0.29, 0.717) is 10.8 Å². The molecular formula is C13H8BrCl2FO. The van der Waals surface area contributed by atoms with Crippen molar-refractivity contribution in [2.75, 3.05) is 0 Å². The fourth-order valence-corrected chi connectivity index (χ4v) is 2.21. The predicted octanol–water partition coefficient (Wildman–Crippen LogP) is 5.47. The molecule has 2 rings (SSSR count). The molecule has 0 aliphatic heterocycles. The Balaban J connectivity index is 2.09. The van der Waals surface area contributed by atoms with Crippen LogP contribution in [0.25, 0.3) is 0 Å². The van der Waals surface area contributed by atoms with Gasteiger partial charge in [-0.2, -0.15) is 0 Å². The summed E-state index contributed by atoms with van der Waals surface area (Å²) in [7, 11) is 0. The minimum absolute atomic E-state index is 0.0732. The van der Waals surface area contributed by atoms with Crippen LogP contribution in [-0.2, 0) is 6.61 Å². The Labute approximate surface area is 123 Å². The van der Waals surface area contributed by atoms with Gasteiger partial charge in [0, 0.05) is 21.1 Å². The lowest BCUT2D eigenvalue weighted by molar-refractivity contribution is 0.304. The first-order valence-electron chi connectivity index (χ1n) is 5.08. The molecule has 1 nitrogen and oxygen atoms in total. The SMILES string of the molecule is Fc1cc(OCc2ccc(Br)cc2Cl)ccc1Cl. The minimum atomic E-state index is -0.504. The normalized spacial score (nSPS) is 10.4. The summed E-state index contributed by atoms with van der Waals surface area (Å²) in [6.07, 6.45) is 0. The highest BCUT2D eigenvalue weighted by Crippen LogP contribution is 2.24. The van der Waals surface area contributed by atoms with Crippen molar-refractivity contribution in [2.45, 2.75) is 6.61 Å². The van der Waals surface area contributed by atoms with Gasteiger partial charge in [0.1, 0.15) is 18.2 Å². The topological polar surface area (TPSA) is 9.23 Å². The van der Waals surface area contributed by atoms with Crippen LogP contribution in [0.1, 0.15) is 5.56 Å². The lowest BCUT2D eigenvalue weighted by Gasteiger charge is -2.08. The molecule has 0 aliphatic carbocycles. The fraction of sp³-hybridized carbons (Fsp3) is 0.0769. The monoisotopic (exact) mass is 348 g/mol. The molecule has 0 fully saturated rings. The lowest BCUT2D eigenvalue weighted by Crippen LogP contribution is -1.96. The molecular weight excluding hydrogens is 342 g/mol. The van der Waals surface area contributed by atoms with E-state index < -0.39 is 5.82 Å². The van der Waals surface area contributed by atoms with Crippen molar-refractivity contribution >= 4 is 39.1 Å². The number of benzene rings is 2. The van der Waals surface area contributed by atoms with Gasteiger partial charge in [-0.3, -0.25) is 0 Å². The van der Waals surface area contributed by atoms with Gasteiger partial charge in [-0.1, -0.05) is 45.2 Å². The Morgan fingerprint density at radius 2 is 1.83 bits per heavy atom. The van der Waals surface area contributed by atoms with Crippen LogP contribution < -0.4 is 4.74 Å². The molecule has 0 aliphatic rings. The van der Waals surface area contributed by atoms with Crippen molar-refractivity contribution in [3.05, 3.63) is 62.3 Å². The van der Waals surface area contributed by atoms with E-state index in [1.165, 1.54) is 12.1 Å². The van der Waals surface area contributed by atoms with Gasteiger partial charge >= 0.3 is 0 Å². The fourth-order valence-electron chi connectivity index (χ4n) is 1.37. The summed E-state index contributed by atoms with van der Waals surface area (Å²) in [5.74, 6) is -0.0908. The van der Waals surface area contributed by atoms with Gasteiger partial charge in [-0.15, -0.1) is 0 Å². The second-order valence-corrected chi connectivity index (χ2v) is 5.33. The highest BCUT2D eigenvalue weighted by Gasteiger charge is 2.04. The van der Waals surface area contributed by atoms with Gasteiger partial charge in [-0.05, 0) is 24.3 Å². The average molecular weight is 350 g/mol. The van der Waals surface area contributed by atoms with Crippen molar-refractivity contribution in [3.63, 3.8) is 0 Å². The van der Waals surface area contributed by atoms with E-state index in [-0.39, 0.29) is 11.6 Å². The number of hydrogen-bond donors (Lipinski definition) is 0. The summed E-state index contributed by atoms with van der Waals surface area (Å²) < 4.78 is 19.5. The first-order chi connectivity index (χ1) is 8.56. The van der Waals surface area contributed by atoms with Gasteiger partial charge < -0.3 is 4.74 Å². The Bertz CT molecular complexity index is 575. The molecule has 0 aromatic heterocycles.